The van der Waals surface area contributed by atoms with Crippen molar-refractivity contribution in [2.45, 2.75) is 63.1 Å². The first-order valence-electron chi connectivity index (χ1n) is 10.5. The lowest BCUT2D eigenvalue weighted by atomic mass is 10.0. The quantitative estimate of drug-likeness (QED) is 0.133. The Kier molecular flexibility index (Phi) is 11.1. The number of hydrogen-bond acceptors (Lipinski definition) is 9. The predicted molar refractivity (Wildman–Crippen MR) is 119 cm³/mol. The summed E-state index contributed by atoms with van der Waals surface area (Å²) in [5.74, 6) is -6.20. The van der Waals surface area contributed by atoms with Crippen molar-refractivity contribution in [2.24, 2.45) is 5.73 Å². The van der Waals surface area contributed by atoms with Gasteiger partial charge in [-0.1, -0.05) is 12.1 Å². The van der Waals surface area contributed by atoms with Crippen LogP contribution in [0, 0.1) is 0 Å². The van der Waals surface area contributed by atoms with Crippen molar-refractivity contribution in [1.82, 2.24) is 16.0 Å². The lowest BCUT2D eigenvalue weighted by Crippen LogP contribution is -2.60. The van der Waals surface area contributed by atoms with E-state index >= 15 is 0 Å². The van der Waals surface area contributed by atoms with Crippen molar-refractivity contribution >= 4 is 29.7 Å². The largest absolute Gasteiger partial charge is 0.508 e. The third-order valence-corrected chi connectivity index (χ3v) is 4.89. The molecule has 0 heterocycles. The molecule has 0 fully saturated rings. The Hall–Kier alpha value is -3.75. The number of amides is 3. The fraction of sp³-hybridized carbons (Fsp3) is 0.476. The summed E-state index contributed by atoms with van der Waals surface area (Å²) < 4.78 is 0. The van der Waals surface area contributed by atoms with Gasteiger partial charge in [0.1, 0.15) is 29.9 Å². The Morgan fingerprint density at radius 1 is 0.829 bits per heavy atom. The molecule has 0 aromatic heterocycles. The Balaban J connectivity index is 3.11. The van der Waals surface area contributed by atoms with Crippen LogP contribution in [-0.4, -0.2) is 91.6 Å². The second-order valence-corrected chi connectivity index (χ2v) is 7.92. The van der Waals surface area contributed by atoms with E-state index in [9.17, 15) is 39.3 Å². The summed E-state index contributed by atoms with van der Waals surface area (Å²) in [6.45, 7) is 2.40. The highest BCUT2D eigenvalue weighted by molar-refractivity contribution is 5.95. The first-order valence-corrected chi connectivity index (χ1v) is 10.5. The van der Waals surface area contributed by atoms with Gasteiger partial charge in [0.15, 0.2) is 0 Å². The summed E-state index contributed by atoms with van der Waals surface area (Å²) in [7, 11) is 0. The molecule has 0 saturated carbocycles. The molecule has 0 unspecified atom stereocenters. The summed E-state index contributed by atoms with van der Waals surface area (Å²) in [6.07, 6.45) is -3.87. The van der Waals surface area contributed by atoms with E-state index in [1.807, 2.05) is 5.32 Å². The third kappa shape index (κ3) is 9.56. The van der Waals surface area contributed by atoms with Gasteiger partial charge in [-0.25, -0.2) is 4.79 Å². The number of nitrogens with one attached hydrogen (secondary N) is 3. The number of phenolic OH excluding ortho intramolecular Hbond substituents is 1. The Labute approximate surface area is 200 Å². The number of nitrogens with two attached hydrogens (primary N) is 1. The number of carbonyl (C=O) groups is 5. The highest BCUT2D eigenvalue weighted by Gasteiger charge is 2.33. The van der Waals surface area contributed by atoms with Crippen LogP contribution in [0.2, 0.25) is 0 Å². The zero-order valence-electron chi connectivity index (χ0n) is 19.0. The monoisotopic (exact) mass is 498 g/mol. The van der Waals surface area contributed by atoms with Crippen LogP contribution in [0.5, 0.6) is 5.75 Å². The van der Waals surface area contributed by atoms with Crippen molar-refractivity contribution in [3.05, 3.63) is 29.8 Å². The molecule has 0 aliphatic rings. The fourth-order valence-electron chi connectivity index (χ4n) is 2.86. The number of hydrogen-bond donors (Lipinski definition) is 9. The summed E-state index contributed by atoms with van der Waals surface area (Å²) in [5, 5.41) is 53.4. The predicted octanol–water partition coefficient (Wildman–Crippen LogP) is -2.96. The van der Waals surface area contributed by atoms with E-state index in [1.54, 1.807) is 0 Å². The molecule has 0 bridgehead atoms. The number of aliphatic hydroxyl groups excluding tert-OH is 2. The second-order valence-electron chi connectivity index (χ2n) is 7.92. The van der Waals surface area contributed by atoms with Gasteiger partial charge in [-0.2, -0.15) is 0 Å². The van der Waals surface area contributed by atoms with Crippen molar-refractivity contribution in [2.75, 3.05) is 0 Å². The first kappa shape index (κ1) is 29.3. The van der Waals surface area contributed by atoms with E-state index in [1.165, 1.54) is 31.2 Å². The molecule has 194 valence electrons. The average molecular weight is 498 g/mol. The molecule has 14 nitrogen and oxygen atoms in total. The van der Waals surface area contributed by atoms with E-state index in [0.29, 0.717) is 5.56 Å². The molecule has 6 atom stereocenters. The maximum absolute atomic E-state index is 13.0. The van der Waals surface area contributed by atoms with Crippen LogP contribution >= 0.6 is 0 Å². The van der Waals surface area contributed by atoms with Crippen LogP contribution in [0.1, 0.15) is 25.8 Å². The lowest BCUT2D eigenvalue weighted by Gasteiger charge is -2.26. The van der Waals surface area contributed by atoms with Gasteiger partial charge in [0.2, 0.25) is 17.7 Å². The molecule has 1 aromatic carbocycles. The molecule has 0 radical (unpaired) electrons. The summed E-state index contributed by atoms with van der Waals surface area (Å²) in [5.41, 5.74) is 6.09. The van der Waals surface area contributed by atoms with Crippen LogP contribution < -0.4 is 21.7 Å². The van der Waals surface area contributed by atoms with Crippen molar-refractivity contribution in [3.8, 4) is 5.75 Å². The van der Waals surface area contributed by atoms with Crippen molar-refractivity contribution in [3.63, 3.8) is 0 Å². The Morgan fingerprint density at radius 3 is 1.83 bits per heavy atom. The van der Waals surface area contributed by atoms with Gasteiger partial charge in [0, 0.05) is 6.42 Å². The normalized spacial score (nSPS) is 16.0. The minimum absolute atomic E-state index is 0.0462. The smallest absolute Gasteiger partial charge is 0.326 e. The van der Waals surface area contributed by atoms with Gasteiger partial charge in [0.05, 0.1) is 18.6 Å². The SMILES string of the molecule is C[C@@H](O)[C@H](N)C(=O)N[C@@H](Cc1ccc(O)cc1)C(=O)N[C@H](C(=O)N[C@@H](CC(=O)O)C(=O)O)[C@@H](C)O. The van der Waals surface area contributed by atoms with E-state index < -0.39 is 72.5 Å². The molecule has 1 rings (SSSR count). The number of carboxylic acid groups (broad SMARTS) is 2. The number of carboxylic acids is 2. The molecule has 1 aromatic rings. The molecule has 3 amide bonds. The van der Waals surface area contributed by atoms with Crippen molar-refractivity contribution < 1.29 is 49.5 Å². The van der Waals surface area contributed by atoms with Gasteiger partial charge in [0.25, 0.3) is 0 Å². The molecule has 0 saturated heterocycles. The Morgan fingerprint density at radius 2 is 1.37 bits per heavy atom. The number of aliphatic carboxylic acids is 2. The van der Waals surface area contributed by atoms with E-state index in [-0.39, 0.29) is 12.2 Å². The van der Waals surface area contributed by atoms with Gasteiger partial charge >= 0.3 is 11.9 Å². The highest BCUT2D eigenvalue weighted by atomic mass is 16.4. The summed E-state index contributed by atoms with van der Waals surface area (Å²) in [6, 6.07) is -0.648. The Bertz CT molecular complexity index is 919. The lowest BCUT2D eigenvalue weighted by molar-refractivity contribution is -0.148. The van der Waals surface area contributed by atoms with Crippen molar-refractivity contribution in [1.29, 1.82) is 0 Å². The number of benzene rings is 1. The van der Waals surface area contributed by atoms with Gasteiger partial charge < -0.3 is 47.2 Å². The van der Waals surface area contributed by atoms with Gasteiger partial charge in [-0.3, -0.25) is 19.2 Å². The number of carbonyl (C=O) groups excluding carboxylic acids is 3. The maximum atomic E-state index is 13.0. The summed E-state index contributed by atoms with van der Waals surface area (Å²) >= 11 is 0. The first-order chi connectivity index (χ1) is 16.2. The molecule has 0 aliphatic heterocycles. The zero-order chi connectivity index (χ0) is 26.9. The van der Waals surface area contributed by atoms with Crippen LogP contribution in [0.4, 0.5) is 0 Å². The third-order valence-electron chi connectivity index (χ3n) is 4.89. The standard InChI is InChI=1S/C21H30N4O10/c1-9(26)16(22)19(32)23-13(7-11-3-5-12(28)6-4-11)18(31)25-17(10(2)27)20(33)24-14(21(34)35)8-15(29)30/h3-6,9-10,13-14,16-17,26-28H,7-8,22H2,1-2H3,(H,23,32)(H,24,33)(H,25,31)(H,29,30)(H,34,35)/t9-,10-,13+,14+,16+,17+/m1/s1. The number of aliphatic hydroxyl groups is 2. The van der Waals surface area contributed by atoms with E-state index in [0.717, 1.165) is 6.92 Å². The van der Waals surface area contributed by atoms with Crippen LogP contribution in [-0.2, 0) is 30.4 Å². The number of aromatic hydroxyl groups is 1. The molecule has 35 heavy (non-hydrogen) atoms. The minimum Gasteiger partial charge on any atom is -0.508 e. The molecular weight excluding hydrogens is 468 g/mol. The zero-order valence-corrected chi connectivity index (χ0v) is 19.0. The fourth-order valence-corrected chi connectivity index (χ4v) is 2.86. The number of phenols is 1. The average Bonchev–Trinajstić information content (AvgIpc) is 2.76. The molecule has 10 N–H and O–H groups in total. The maximum Gasteiger partial charge on any atom is 0.326 e. The molecule has 0 spiro atoms. The summed E-state index contributed by atoms with van der Waals surface area (Å²) in [4.78, 5) is 60.0. The van der Waals surface area contributed by atoms with Gasteiger partial charge in [-0.15, -0.1) is 0 Å². The molecular formula is C21H30N4O10. The van der Waals surface area contributed by atoms with Crippen LogP contribution in [0.3, 0.4) is 0 Å². The number of rotatable bonds is 13. The molecule has 0 aliphatic carbocycles. The second kappa shape index (κ2) is 13.2. The highest BCUT2D eigenvalue weighted by Crippen LogP contribution is 2.12. The van der Waals surface area contributed by atoms with E-state index in [2.05, 4.69) is 10.6 Å². The van der Waals surface area contributed by atoms with Crippen LogP contribution in [0.25, 0.3) is 0 Å². The minimum atomic E-state index is -1.82. The topological polar surface area (TPSA) is 249 Å². The molecule has 14 heteroatoms. The van der Waals surface area contributed by atoms with Gasteiger partial charge in [-0.05, 0) is 31.5 Å². The van der Waals surface area contributed by atoms with Crippen LogP contribution in [0.15, 0.2) is 24.3 Å². The van der Waals surface area contributed by atoms with E-state index in [4.69, 9.17) is 15.9 Å².